The Morgan fingerprint density at radius 2 is 2.28 bits per heavy atom. The van der Waals surface area contributed by atoms with Crippen LogP contribution in [0.2, 0.25) is 0 Å². The molecule has 94 valence electrons. The molecule has 1 aromatic carbocycles. The number of para-hydroxylation sites is 1. The monoisotopic (exact) mass is 247 g/mol. The number of carbonyl (C=O) groups is 1. The Morgan fingerprint density at radius 3 is 2.94 bits per heavy atom. The number of nitrogens with zero attached hydrogens (tertiary/aromatic N) is 2. The van der Waals surface area contributed by atoms with Crippen LogP contribution in [0.25, 0.3) is 11.0 Å². The Kier molecular flexibility index (Phi) is 2.74. The lowest BCUT2D eigenvalue weighted by molar-refractivity contribution is -0.134. The van der Waals surface area contributed by atoms with E-state index < -0.39 is 0 Å². The van der Waals surface area contributed by atoms with Gasteiger partial charge in [-0.15, -0.1) is 0 Å². The second-order valence-electron chi connectivity index (χ2n) is 4.55. The van der Waals surface area contributed by atoms with Crippen molar-refractivity contribution in [3.05, 3.63) is 29.8 Å². The van der Waals surface area contributed by atoms with Gasteiger partial charge in [-0.1, -0.05) is 6.07 Å². The average Bonchev–Trinajstić information content (AvgIpc) is 2.68. The maximum absolute atomic E-state index is 13.4. The van der Waals surface area contributed by atoms with Crippen LogP contribution in [-0.4, -0.2) is 33.9 Å². The van der Waals surface area contributed by atoms with Crippen LogP contribution in [0.5, 0.6) is 0 Å². The van der Waals surface area contributed by atoms with E-state index in [1.54, 1.807) is 12.1 Å². The second kappa shape index (κ2) is 4.40. The van der Waals surface area contributed by atoms with E-state index in [9.17, 15) is 9.18 Å². The number of carbonyl (C=O) groups excluding carboxylic acids is 1. The highest BCUT2D eigenvalue weighted by atomic mass is 19.1. The average molecular weight is 247 g/mol. The minimum atomic E-state index is -0.330. The number of aromatic nitrogens is 2. The van der Waals surface area contributed by atoms with Crippen molar-refractivity contribution in [2.45, 2.75) is 19.3 Å². The van der Waals surface area contributed by atoms with E-state index in [1.165, 1.54) is 6.07 Å². The molecule has 2 heterocycles. The van der Waals surface area contributed by atoms with Gasteiger partial charge in [-0.3, -0.25) is 4.79 Å². The van der Waals surface area contributed by atoms with Crippen molar-refractivity contribution < 1.29 is 9.18 Å². The van der Waals surface area contributed by atoms with Crippen LogP contribution in [0.1, 0.15) is 18.7 Å². The van der Waals surface area contributed by atoms with Crippen molar-refractivity contribution in [1.29, 1.82) is 0 Å². The summed E-state index contributed by atoms with van der Waals surface area (Å²) in [5.41, 5.74) is 1.03. The minimum Gasteiger partial charge on any atom is -0.343 e. The molecule has 1 N–H and O–H groups in total. The molecule has 4 nitrogen and oxygen atoms in total. The summed E-state index contributed by atoms with van der Waals surface area (Å²) in [7, 11) is 0. The predicted molar refractivity (Wildman–Crippen MR) is 65.6 cm³/mol. The van der Waals surface area contributed by atoms with Gasteiger partial charge in [0.2, 0.25) is 5.91 Å². The van der Waals surface area contributed by atoms with Crippen LogP contribution < -0.4 is 0 Å². The fourth-order valence-corrected chi connectivity index (χ4v) is 2.12. The number of amides is 1. The Morgan fingerprint density at radius 1 is 1.44 bits per heavy atom. The summed E-state index contributed by atoms with van der Waals surface area (Å²) in [6.07, 6.45) is 2.06. The highest BCUT2D eigenvalue weighted by molar-refractivity contribution is 5.78. The van der Waals surface area contributed by atoms with Crippen molar-refractivity contribution >= 4 is 16.9 Å². The number of benzene rings is 1. The molecule has 0 atom stereocenters. The smallest absolute Gasteiger partial charge is 0.223 e. The number of nitrogens with one attached hydrogen (secondary N) is 1. The van der Waals surface area contributed by atoms with E-state index in [-0.39, 0.29) is 11.7 Å². The third-order valence-corrected chi connectivity index (χ3v) is 3.30. The fraction of sp³-hybridized carbons (Fsp3) is 0.385. The molecule has 1 saturated heterocycles. The van der Waals surface area contributed by atoms with E-state index in [1.807, 2.05) is 4.90 Å². The summed E-state index contributed by atoms with van der Waals surface area (Å²) in [5, 5.41) is 0. The number of fused-ring (bicyclic) bond motifs is 1. The molecule has 1 amide bonds. The largest absolute Gasteiger partial charge is 0.343 e. The Labute approximate surface area is 104 Å². The number of hydrogen-bond donors (Lipinski definition) is 1. The quantitative estimate of drug-likeness (QED) is 0.900. The summed E-state index contributed by atoms with van der Waals surface area (Å²) < 4.78 is 13.4. The summed E-state index contributed by atoms with van der Waals surface area (Å²) >= 11 is 0. The zero-order valence-corrected chi connectivity index (χ0v) is 9.95. The Hall–Kier alpha value is -1.91. The fourth-order valence-electron chi connectivity index (χ4n) is 2.12. The molecule has 3 rings (SSSR count). The van der Waals surface area contributed by atoms with E-state index in [0.29, 0.717) is 29.7 Å². The van der Waals surface area contributed by atoms with Gasteiger partial charge in [0.15, 0.2) is 5.82 Å². The lowest BCUT2D eigenvalue weighted by Gasteiger charge is -2.30. The molecule has 0 radical (unpaired) electrons. The second-order valence-corrected chi connectivity index (χ2v) is 4.55. The van der Waals surface area contributed by atoms with E-state index in [0.717, 1.165) is 19.5 Å². The van der Waals surface area contributed by atoms with Crippen LogP contribution in [0, 0.1) is 5.82 Å². The van der Waals surface area contributed by atoms with Gasteiger partial charge in [0.05, 0.1) is 5.52 Å². The van der Waals surface area contributed by atoms with Crippen molar-refractivity contribution in [3.63, 3.8) is 0 Å². The molecule has 1 aliphatic heterocycles. The topological polar surface area (TPSA) is 49.0 Å². The number of likely N-dealkylation sites (tertiary alicyclic amines) is 1. The lowest BCUT2D eigenvalue weighted by atomic mass is 10.2. The van der Waals surface area contributed by atoms with Gasteiger partial charge in [0.25, 0.3) is 0 Å². The van der Waals surface area contributed by atoms with Gasteiger partial charge < -0.3 is 9.88 Å². The maximum Gasteiger partial charge on any atom is 0.223 e. The highest BCUT2D eigenvalue weighted by Gasteiger charge is 2.20. The zero-order chi connectivity index (χ0) is 12.5. The van der Waals surface area contributed by atoms with Gasteiger partial charge in [-0.25, -0.2) is 9.37 Å². The van der Waals surface area contributed by atoms with Crippen LogP contribution in [0.15, 0.2) is 18.2 Å². The van der Waals surface area contributed by atoms with Gasteiger partial charge in [0.1, 0.15) is 11.3 Å². The lowest BCUT2D eigenvalue weighted by Crippen LogP contribution is -2.42. The Balaban J connectivity index is 1.71. The summed E-state index contributed by atoms with van der Waals surface area (Å²) in [6.45, 7) is 1.74. The molecule has 18 heavy (non-hydrogen) atoms. The molecule has 1 aromatic heterocycles. The first kappa shape index (κ1) is 11.2. The van der Waals surface area contributed by atoms with Crippen LogP contribution >= 0.6 is 0 Å². The van der Waals surface area contributed by atoms with Gasteiger partial charge in [-0.05, 0) is 18.6 Å². The molecule has 0 aliphatic carbocycles. The number of rotatable bonds is 3. The standard InChI is InChI=1S/C13H14FN3O/c14-9-3-1-4-10-13(9)16-11(15-10)5-6-12(18)17-7-2-8-17/h1,3-4H,2,5-8H2,(H,15,16). The van der Waals surface area contributed by atoms with Gasteiger partial charge in [-0.2, -0.15) is 0 Å². The number of aromatic amines is 1. The molecule has 0 saturated carbocycles. The summed E-state index contributed by atoms with van der Waals surface area (Å²) in [5.74, 6) is 0.496. The molecule has 0 spiro atoms. The molecular formula is C13H14FN3O. The number of hydrogen-bond acceptors (Lipinski definition) is 2. The number of H-pyrrole nitrogens is 1. The van der Waals surface area contributed by atoms with Crippen LogP contribution in [0.4, 0.5) is 4.39 Å². The normalized spacial score (nSPS) is 14.8. The van der Waals surface area contributed by atoms with Crippen LogP contribution in [-0.2, 0) is 11.2 Å². The highest BCUT2D eigenvalue weighted by Crippen LogP contribution is 2.16. The van der Waals surface area contributed by atoms with Crippen molar-refractivity contribution in [1.82, 2.24) is 14.9 Å². The SMILES string of the molecule is O=C(CCc1nc2c(F)cccc2[nH]1)N1CCC1. The number of aryl methyl sites for hydroxylation is 1. The molecule has 0 bridgehead atoms. The van der Waals surface area contributed by atoms with Crippen molar-refractivity contribution in [3.8, 4) is 0 Å². The van der Waals surface area contributed by atoms with Crippen LogP contribution in [0.3, 0.4) is 0 Å². The van der Waals surface area contributed by atoms with E-state index in [2.05, 4.69) is 9.97 Å². The maximum atomic E-state index is 13.4. The predicted octanol–water partition coefficient (Wildman–Crippen LogP) is 1.87. The zero-order valence-electron chi connectivity index (χ0n) is 9.95. The number of imidazole rings is 1. The first-order chi connectivity index (χ1) is 8.74. The number of halogens is 1. The molecule has 1 fully saturated rings. The summed E-state index contributed by atoms with van der Waals surface area (Å²) in [4.78, 5) is 20.8. The van der Waals surface area contributed by atoms with Crippen molar-refractivity contribution in [2.75, 3.05) is 13.1 Å². The first-order valence-corrected chi connectivity index (χ1v) is 6.15. The van der Waals surface area contributed by atoms with Crippen molar-refractivity contribution in [2.24, 2.45) is 0 Å². The Bertz CT molecular complexity index is 589. The first-order valence-electron chi connectivity index (χ1n) is 6.15. The third kappa shape index (κ3) is 1.96. The molecule has 0 unspecified atom stereocenters. The van der Waals surface area contributed by atoms with E-state index in [4.69, 9.17) is 0 Å². The van der Waals surface area contributed by atoms with Gasteiger partial charge in [0, 0.05) is 25.9 Å². The molecule has 1 aliphatic rings. The van der Waals surface area contributed by atoms with E-state index >= 15 is 0 Å². The minimum absolute atomic E-state index is 0.155. The van der Waals surface area contributed by atoms with Gasteiger partial charge >= 0.3 is 0 Å². The summed E-state index contributed by atoms with van der Waals surface area (Å²) in [6, 6.07) is 4.81. The molecular weight excluding hydrogens is 233 g/mol. The third-order valence-electron chi connectivity index (χ3n) is 3.30. The molecule has 5 heteroatoms. The molecule has 2 aromatic rings.